The molecule has 108 valence electrons. The first-order valence-electron chi connectivity index (χ1n) is 7.39. The van der Waals surface area contributed by atoms with Crippen LogP contribution >= 0.6 is 0 Å². The molecule has 0 rings (SSSR count). The van der Waals surface area contributed by atoms with Crippen LogP contribution in [0.3, 0.4) is 0 Å². The summed E-state index contributed by atoms with van der Waals surface area (Å²) in [6, 6.07) is 0. The van der Waals surface area contributed by atoms with Crippen molar-refractivity contribution in [2.24, 2.45) is 10.8 Å². The molecule has 0 aromatic heterocycles. The molecule has 0 saturated heterocycles. The molecule has 0 aliphatic rings. The van der Waals surface area contributed by atoms with Crippen LogP contribution < -0.4 is 0 Å². The minimum Gasteiger partial charge on any atom is -0.234 e. The maximum absolute atomic E-state index is 10.5. The molecule has 0 saturated carbocycles. The third-order valence-electron chi connectivity index (χ3n) is 4.43. The summed E-state index contributed by atoms with van der Waals surface area (Å²) < 4.78 is 0. The van der Waals surface area contributed by atoms with Gasteiger partial charge in [0.25, 0.3) is 0 Å². The summed E-state index contributed by atoms with van der Waals surface area (Å²) in [6.45, 7) is 8.44. The molecular weight excluding hydrogens is 236 g/mol. The van der Waals surface area contributed by atoms with Crippen LogP contribution in [-0.2, 0) is 9.59 Å². The highest BCUT2D eigenvalue weighted by Crippen LogP contribution is 2.32. The van der Waals surface area contributed by atoms with E-state index in [1.807, 2.05) is 11.9 Å². The predicted molar refractivity (Wildman–Crippen MR) is 80.4 cm³/mol. The molecular formula is C17H28O2. The van der Waals surface area contributed by atoms with Crippen molar-refractivity contribution in [2.45, 2.75) is 72.6 Å². The first kappa shape index (κ1) is 17.9. The van der Waals surface area contributed by atoms with Gasteiger partial charge in [-0.15, -0.1) is 0 Å². The van der Waals surface area contributed by atoms with Crippen molar-refractivity contribution >= 4 is 11.9 Å². The fourth-order valence-electron chi connectivity index (χ4n) is 2.22. The van der Waals surface area contributed by atoms with Crippen LogP contribution in [0.4, 0.5) is 0 Å². The van der Waals surface area contributed by atoms with Crippen molar-refractivity contribution in [1.82, 2.24) is 0 Å². The Bertz CT molecular complexity index is 314. The van der Waals surface area contributed by atoms with Gasteiger partial charge in [0.2, 0.25) is 0 Å². The van der Waals surface area contributed by atoms with Crippen molar-refractivity contribution in [3.63, 3.8) is 0 Å². The van der Waals surface area contributed by atoms with Gasteiger partial charge in [-0.25, -0.2) is 9.59 Å². The second kappa shape index (κ2) is 8.91. The highest BCUT2D eigenvalue weighted by atomic mass is 16.1. The normalized spacial score (nSPS) is 16.6. The predicted octanol–water partition coefficient (Wildman–Crippen LogP) is 4.55. The Hall–Kier alpha value is -1.10. The van der Waals surface area contributed by atoms with Gasteiger partial charge in [-0.3, -0.25) is 0 Å². The third kappa shape index (κ3) is 7.15. The summed E-state index contributed by atoms with van der Waals surface area (Å²) in [7, 11) is 0. The number of carbonyl (C=O) groups excluding carboxylic acids is 2. The van der Waals surface area contributed by atoms with Gasteiger partial charge in [0, 0.05) is 12.2 Å². The van der Waals surface area contributed by atoms with Gasteiger partial charge in [-0.1, -0.05) is 47.0 Å². The first-order valence-corrected chi connectivity index (χ1v) is 7.39. The molecule has 0 aromatic rings. The van der Waals surface area contributed by atoms with Gasteiger partial charge in [0.1, 0.15) is 11.9 Å². The van der Waals surface area contributed by atoms with Crippen LogP contribution in [0.25, 0.3) is 0 Å². The van der Waals surface area contributed by atoms with E-state index >= 15 is 0 Å². The SMILES string of the molecule is CCC(C)(C=C=O)CCCCCC(C)(C=C=O)CC. The molecule has 0 radical (unpaired) electrons. The smallest absolute Gasteiger partial charge is 0.120 e. The maximum Gasteiger partial charge on any atom is 0.120 e. The summed E-state index contributed by atoms with van der Waals surface area (Å²) >= 11 is 0. The molecule has 0 amide bonds. The largest absolute Gasteiger partial charge is 0.234 e. The van der Waals surface area contributed by atoms with Crippen molar-refractivity contribution in [3.8, 4) is 0 Å². The van der Waals surface area contributed by atoms with E-state index in [0.29, 0.717) is 0 Å². The lowest BCUT2D eigenvalue weighted by atomic mass is 9.80. The van der Waals surface area contributed by atoms with Gasteiger partial charge < -0.3 is 0 Å². The summed E-state index contributed by atoms with van der Waals surface area (Å²) in [5.41, 5.74) is -0.00296. The average molecular weight is 264 g/mol. The Balaban J connectivity index is 4.05. The Morgan fingerprint density at radius 1 is 0.789 bits per heavy atom. The fraction of sp³-hybridized carbons (Fsp3) is 0.765. The summed E-state index contributed by atoms with van der Waals surface area (Å²) in [5, 5.41) is 0. The minimum atomic E-state index is -0.00148. The van der Waals surface area contributed by atoms with Crippen LogP contribution in [0.5, 0.6) is 0 Å². The second-order valence-electron chi connectivity index (χ2n) is 6.10. The van der Waals surface area contributed by atoms with E-state index in [2.05, 4.69) is 27.7 Å². The molecule has 19 heavy (non-hydrogen) atoms. The Morgan fingerprint density at radius 3 is 1.42 bits per heavy atom. The summed E-state index contributed by atoms with van der Waals surface area (Å²) in [4.78, 5) is 21.0. The minimum absolute atomic E-state index is 0.00148. The molecule has 2 atom stereocenters. The first-order chi connectivity index (χ1) is 8.95. The highest BCUT2D eigenvalue weighted by molar-refractivity contribution is 5.47. The molecule has 2 unspecified atom stereocenters. The molecule has 0 aromatic carbocycles. The molecule has 0 fully saturated rings. The number of hydrogen-bond acceptors (Lipinski definition) is 2. The van der Waals surface area contributed by atoms with Crippen molar-refractivity contribution in [2.75, 3.05) is 0 Å². The quantitative estimate of drug-likeness (QED) is 0.428. The standard InChI is InChI=1S/C17H28O2/c1-5-16(3,12-14-18)10-8-7-9-11-17(4,6-2)13-15-19/h12-13H,5-11H2,1-4H3. The zero-order valence-corrected chi connectivity index (χ0v) is 12.9. The van der Waals surface area contributed by atoms with Gasteiger partial charge in [0.15, 0.2) is 0 Å². The van der Waals surface area contributed by atoms with Gasteiger partial charge >= 0.3 is 0 Å². The molecule has 0 aliphatic carbocycles. The van der Waals surface area contributed by atoms with Crippen LogP contribution in [0.2, 0.25) is 0 Å². The number of rotatable bonds is 10. The lowest BCUT2D eigenvalue weighted by Gasteiger charge is -2.24. The van der Waals surface area contributed by atoms with E-state index in [9.17, 15) is 9.59 Å². The molecule has 2 nitrogen and oxygen atoms in total. The zero-order chi connectivity index (χ0) is 14.8. The van der Waals surface area contributed by atoms with E-state index in [4.69, 9.17) is 0 Å². The maximum atomic E-state index is 10.5. The van der Waals surface area contributed by atoms with E-state index in [0.717, 1.165) is 44.9 Å². The van der Waals surface area contributed by atoms with Crippen molar-refractivity contribution in [1.29, 1.82) is 0 Å². The molecule has 0 N–H and O–H groups in total. The number of allylic oxidation sites excluding steroid dienone is 2. The molecule has 0 heterocycles. The van der Waals surface area contributed by atoms with E-state index in [-0.39, 0.29) is 10.8 Å². The lowest BCUT2D eigenvalue weighted by Crippen LogP contribution is -2.13. The van der Waals surface area contributed by atoms with Gasteiger partial charge in [-0.2, -0.15) is 0 Å². The van der Waals surface area contributed by atoms with Crippen molar-refractivity contribution in [3.05, 3.63) is 12.2 Å². The topological polar surface area (TPSA) is 34.1 Å². The van der Waals surface area contributed by atoms with Gasteiger partial charge in [0.05, 0.1) is 0 Å². The van der Waals surface area contributed by atoms with E-state index < -0.39 is 0 Å². The van der Waals surface area contributed by atoms with Crippen LogP contribution in [0.1, 0.15) is 72.6 Å². The number of unbranched alkanes of at least 4 members (excludes halogenated alkanes) is 2. The Morgan fingerprint density at radius 2 is 1.16 bits per heavy atom. The van der Waals surface area contributed by atoms with E-state index in [1.54, 1.807) is 12.2 Å². The molecule has 0 spiro atoms. The van der Waals surface area contributed by atoms with Gasteiger partial charge in [-0.05, 0) is 36.5 Å². The van der Waals surface area contributed by atoms with Crippen LogP contribution in [0.15, 0.2) is 12.2 Å². The summed E-state index contributed by atoms with van der Waals surface area (Å²) in [6.07, 6.45) is 10.7. The molecule has 0 bridgehead atoms. The zero-order valence-electron chi connectivity index (χ0n) is 12.9. The average Bonchev–Trinajstić information content (AvgIpc) is 2.39. The molecule has 2 heteroatoms. The fourth-order valence-corrected chi connectivity index (χ4v) is 2.22. The number of hydrogen-bond donors (Lipinski definition) is 0. The van der Waals surface area contributed by atoms with Crippen LogP contribution in [-0.4, -0.2) is 11.9 Å². The molecule has 0 aliphatic heterocycles. The monoisotopic (exact) mass is 264 g/mol. The highest BCUT2D eigenvalue weighted by Gasteiger charge is 2.20. The summed E-state index contributed by atoms with van der Waals surface area (Å²) in [5.74, 6) is 3.85. The van der Waals surface area contributed by atoms with E-state index in [1.165, 1.54) is 0 Å². The Kier molecular flexibility index (Phi) is 8.39. The third-order valence-corrected chi connectivity index (χ3v) is 4.43. The van der Waals surface area contributed by atoms with Crippen LogP contribution in [0, 0.1) is 10.8 Å². The van der Waals surface area contributed by atoms with Crippen molar-refractivity contribution < 1.29 is 9.59 Å². The Labute approximate surface area is 118 Å². The lowest BCUT2D eigenvalue weighted by molar-refractivity contribution is 0.332. The second-order valence-corrected chi connectivity index (χ2v) is 6.10.